The van der Waals surface area contributed by atoms with Gasteiger partial charge in [0.2, 0.25) is 0 Å². The molecule has 0 spiro atoms. The topological polar surface area (TPSA) is 52.9 Å². The van der Waals surface area contributed by atoms with Crippen molar-refractivity contribution in [2.45, 2.75) is 18.3 Å². The normalized spacial score (nSPS) is 14.1. The molecule has 1 amide bonds. The molecule has 1 N–H and O–H groups in total. The maximum absolute atomic E-state index is 13.2. The van der Waals surface area contributed by atoms with Crippen molar-refractivity contribution in [3.63, 3.8) is 0 Å². The van der Waals surface area contributed by atoms with Crippen LogP contribution in [-0.2, 0) is 5.41 Å². The molecule has 1 aliphatic rings. The third-order valence-electron chi connectivity index (χ3n) is 5.41. The van der Waals surface area contributed by atoms with Gasteiger partial charge in [0, 0.05) is 23.1 Å². The zero-order chi connectivity index (χ0) is 19.6. The van der Waals surface area contributed by atoms with Crippen LogP contribution in [0.2, 0.25) is 0 Å². The molecular weight excluding hydrogens is 351 g/mol. The Labute approximate surface area is 163 Å². The van der Waals surface area contributed by atoms with Gasteiger partial charge in [0.05, 0.1) is 11.6 Å². The predicted octanol–water partition coefficient (Wildman–Crippen LogP) is 4.83. The van der Waals surface area contributed by atoms with Gasteiger partial charge in [0.15, 0.2) is 0 Å². The molecule has 0 aliphatic heterocycles. The molecule has 0 unspecified atom stereocenters. The van der Waals surface area contributed by atoms with E-state index in [1.54, 1.807) is 24.3 Å². The Hall–Kier alpha value is -3.45. The van der Waals surface area contributed by atoms with Gasteiger partial charge in [0.1, 0.15) is 5.82 Å². The molecule has 0 bridgehead atoms. The van der Waals surface area contributed by atoms with Crippen LogP contribution in [0.3, 0.4) is 0 Å². The molecule has 1 aliphatic carbocycles. The van der Waals surface area contributed by atoms with Crippen LogP contribution < -0.4 is 5.32 Å². The molecule has 0 atom stereocenters. The van der Waals surface area contributed by atoms with E-state index in [1.807, 2.05) is 36.4 Å². The first-order valence-corrected chi connectivity index (χ1v) is 9.26. The van der Waals surface area contributed by atoms with Gasteiger partial charge < -0.3 is 5.32 Å². The molecule has 138 valence electrons. The number of nitrogens with one attached hydrogen (secondary N) is 1. The molecule has 0 aromatic heterocycles. The predicted molar refractivity (Wildman–Crippen MR) is 106 cm³/mol. The fourth-order valence-corrected chi connectivity index (χ4v) is 3.60. The number of halogens is 1. The first-order valence-electron chi connectivity index (χ1n) is 9.26. The summed E-state index contributed by atoms with van der Waals surface area (Å²) in [5, 5.41) is 12.4. The third kappa shape index (κ3) is 3.39. The van der Waals surface area contributed by atoms with Crippen molar-refractivity contribution >= 4 is 5.91 Å². The highest BCUT2D eigenvalue weighted by molar-refractivity contribution is 6.01. The van der Waals surface area contributed by atoms with E-state index in [-0.39, 0.29) is 17.1 Å². The monoisotopic (exact) mass is 370 g/mol. The Balaban J connectivity index is 1.57. The van der Waals surface area contributed by atoms with Gasteiger partial charge in [-0.05, 0) is 48.2 Å². The summed E-state index contributed by atoms with van der Waals surface area (Å²) in [6.45, 7) is 0.506. The van der Waals surface area contributed by atoms with Crippen molar-refractivity contribution < 1.29 is 9.18 Å². The van der Waals surface area contributed by atoms with Gasteiger partial charge in [-0.25, -0.2) is 4.39 Å². The number of nitriles is 1. The number of benzene rings is 3. The maximum Gasteiger partial charge on any atom is 0.251 e. The summed E-state index contributed by atoms with van der Waals surface area (Å²) in [4.78, 5) is 12.9. The van der Waals surface area contributed by atoms with Crippen LogP contribution in [0.15, 0.2) is 72.8 Å². The molecule has 4 heteroatoms. The number of hydrogen-bond acceptors (Lipinski definition) is 2. The number of rotatable bonds is 5. The standard InChI is InChI=1S/C24H19FN2O/c25-19-11-9-18(10-12-19)24(13-14-24)16-27-23(28)22-8-4-3-7-21(22)20-6-2-1-5-17(20)15-26/h1-12H,13-14,16H2,(H,27,28). The summed E-state index contributed by atoms with van der Waals surface area (Å²) in [5.41, 5.74) is 3.51. The zero-order valence-corrected chi connectivity index (χ0v) is 15.3. The average molecular weight is 370 g/mol. The molecule has 1 fully saturated rings. The molecule has 3 aromatic rings. The quantitative estimate of drug-likeness (QED) is 0.700. The average Bonchev–Trinajstić information content (AvgIpc) is 3.53. The van der Waals surface area contributed by atoms with E-state index in [0.29, 0.717) is 17.7 Å². The summed E-state index contributed by atoms with van der Waals surface area (Å²) in [6.07, 6.45) is 1.94. The minimum absolute atomic E-state index is 0.108. The summed E-state index contributed by atoms with van der Waals surface area (Å²) in [5.74, 6) is -0.426. The van der Waals surface area contributed by atoms with Gasteiger partial charge in [-0.2, -0.15) is 5.26 Å². The molecule has 0 heterocycles. The van der Waals surface area contributed by atoms with Crippen molar-refractivity contribution in [2.24, 2.45) is 0 Å². The lowest BCUT2D eigenvalue weighted by Crippen LogP contribution is -2.32. The Morgan fingerprint density at radius 3 is 2.29 bits per heavy atom. The minimum Gasteiger partial charge on any atom is -0.351 e. The lowest BCUT2D eigenvalue weighted by molar-refractivity contribution is 0.0950. The Bertz CT molecular complexity index is 1060. The molecule has 3 aromatic carbocycles. The van der Waals surface area contributed by atoms with Crippen LogP contribution in [0.25, 0.3) is 11.1 Å². The number of carbonyl (C=O) groups excluding carboxylic acids is 1. The van der Waals surface area contributed by atoms with Gasteiger partial charge in [0.25, 0.3) is 5.91 Å². The highest BCUT2D eigenvalue weighted by atomic mass is 19.1. The zero-order valence-electron chi connectivity index (χ0n) is 15.3. The first-order chi connectivity index (χ1) is 13.6. The van der Waals surface area contributed by atoms with E-state index in [1.165, 1.54) is 12.1 Å². The summed E-state index contributed by atoms with van der Waals surface area (Å²) in [6, 6.07) is 23.3. The number of carbonyl (C=O) groups is 1. The number of hydrogen-bond donors (Lipinski definition) is 1. The minimum atomic E-state index is -0.256. The van der Waals surface area contributed by atoms with Crippen molar-refractivity contribution in [1.82, 2.24) is 5.32 Å². The Morgan fingerprint density at radius 1 is 0.964 bits per heavy atom. The highest BCUT2D eigenvalue weighted by Crippen LogP contribution is 2.47. The van der Waals surface area contributed by atoms with Gasteiger partial charge in [-0.3, -0.25) is 4.79 Å². The van der Waals surface area contributed by atoms with Crippen LogP contribution in [-0.4, -0.2) is 12.5 Å². The summed E-state index contributed by atoms with van der Waals surface area (Å²) >= 11 is 0. The van der Waals surface area contributed by atoms with Gasteiger partial charge in [-0.15, -0.1) is 0 Å². The SMILES string of the molecule is N#Cc1ccccc1-c1ccccc1C(=O)NCC1(c2ccc(F)cc2)CC1. The van der Waals surface area contributed by atoms with E-state index in [4.69, 9.17) is 0 Å². The smallest absolute Gasteiger partial charge is 0.251 e. The van der Waals surface area contributed by atoms with E-state index in [9.17, 15) is 14.4 Å². The third-order valence-corrected chi connectivity index (χ3v) is 5.41. The maximum atomic E-state index is 13.2. The molecule has 0 radical (unpaired) electrons. The van der Waals surface area contributed by atoms with Crippen LogP contribution >= 0.6 is 0 Å². The Kier molecular flexibility index (Phi) is 4.67. The fourth-order valence-electron chi connectivity index (χ4n) is 3.60. The molecule has 1 saturated carbocycles. The van der Waals surface area contributed by atoms with E-state index in [0.717, 1.165) is 29.5 Å². The first kappa shape index (κ1) is 17.9. The molecular formula is C24H19FN2O. The summed E-state index contributed by atoms with van der Waals surface area (Å²) < 4.78 is 13.2. The fraction of sp³-hybridized carbons (Fsp3) is 0.167. The number of nitrogens with zero attached hydrogens (tertiary/aromatic N) is 1. The highest BCUT2D eigenvalue weighted by Gasteiger charge is 2.44. The lowest BCUT2D eigenvalue weighted by Gasteiger charge is -2.18. The van der Waals surface area contributed by atoms with Crippen LogP contribution in [0.1, 0.15) is 34.3 Å². The van der Waals surface area contributed by atoms with Crippen LogP contribution in [0.5, 0.6) is 0 Å². The second-order valence-electron chi connectivity index (χ2n) is 7.17. The molecule has 3 nitrogen and oxygen atoms in total. The largest absolute Gasteiger partial charge is 0.351 e. The van der Waals surface area contributed by atoms with Crippen LogP contribution in [0, 0.1) is 17.1 Å². The number of amides is 1. The second-order valence-corrected chi connectivity index (χ2v) is 7.17. The molecule has 4 rings (SSSR count). The molecule has 0 saturated heterocycles. The molecule has 28 heavy (non-hydrogen) atoms. The van der Waals surface area contributed by atoms with Gasteiger partial charge >= 0.3 is 0 Å². The van der Waals surface area contributed by atoms with Crippen LogP contribution in [0.4, 0.5) is 4.39 Å². The van der Waals surface area contributed by atoms with Gasteiger partial charge in [-0.1, -0.05) is 48.5 Å². The van der Waals surface area contributed by atoms with E-state index < -0.39 is 0 Å². The van der Waals surface area contributed by atoms with Crippen molar-refractivity contribution in [3.05, 3.63) is 95.3 Å². The van der Waals surface area contributed by atoms with Crippen molar-refractivity contribution in [1.29, 1.82) is 5.26 Å². The Morgan fingerprint density at radius 2 is 1.61 bits per heavy atom. The second kappa shape index (κ2) is 7.28. The van der Waals surface area contributed by atoms with E-state index in [2.05, 4.69) is 11.4 Å². The van der Waals surface area contributed by atoms with E-state index >= 15 is 0 Å². The lowest BCUT2D eigenvalue weighted by atomic mass is 9.94. The van der Waals surface area contributed by atoms with Crippen molar-refractivity contribution in [2.75, 3.05) is 6.54 Å². The summed E-state index contributed by atoms with van der Waals surface area (Å²) in [7, 11) is 0. The van der Waals surface area contributed by atoms with Crippen molar-refractivity contribution in [3.8, 4) is 17.2 Å².